The third-order valence-corrected chi connectivity index (χ3v) is 4.36. The smallest absolute Gasteiger partial charge is 0.269 e. The number of nitrogens with zero attached hydrogens (tertiary/aromatic N) is 1. The lowest BCUT2D eigenvalue weighted by Crippen LogP contribution is -2.21. The van der Waals surface area contributed by atoms with E-state index in [9.17, 15) is 22.9 Å². The van der Waals surface area contributed by atoms with Gasteiger partial charge in [0.25, 0.3) is 5.69 Å². The molecule has 0 heterocycles. The summed E-state index contributed by atoms with van der Waals surface area (Å²) < 4.78 is 44.4. The minimum atomic E-state index is -3.69. The zero-order chi connectivity index (χ0) is 17.7. The molecule has 0 atom stereocenters. The molecule has 0 aliphatic carbocycles. The quantitative estimate of drug-likeness (QED) is 0.609. The highest BCUT2D eigenvalue weighted by atomic mass is 32.2. The van der Waals surface area contributed by atoms with Gasteiger partial charge in [-0.1, -0.05) is 0 Å². The minimum Gasteiger partial charge on any atom is -0.492 e. The molecule has 0 saturated heterocycles. The Kier molecular flexibility index (Phi) is 5.35. The van der Waals surface area contributed by atoms with Gasteiger partial charge in [-0.3, -0.25) is 14.8 Å². The second-order valence-corrected chi connectivity index (χ2v) is 6.82. The van der Waals surface area contributed by atoms with Crippen LogP contribution in [0.3, 0.4) is 0 Å². The van der Waals surface area contributed by atoms with Crippen LogP contribution in [-0.4, -0.2) is 25.7 Å². The molecule has 0 amide bonds. The predicted molar refractivity (Wildman–Crippen MR) is 87.1 cm³/mol. The number of sulfonamides is 1. The number of nitro benzene ring substituents is 1. The zero-order valence-electron chi connectivity index (χ0n) is 12.7. The number of nitrogens with one attached hydrogen (secondary N) is 1. The maximum absolute atomic E-state index is 12.8. The van der Waals surface area contributed by atoms with Gasteiger partial charge in [-0.2, -0.15) is 0 Å². The Morgan fingerprint density at radius 2 is 1.88 bits per heavy atom. The zero-order valence-corrected chi connectivity index (χ0v) is 13.5. The van der Waals surface area contributed by atoms with Crippen molar-refractivity contribution in [3.05, 3.63) is 64.0 Å². The molecule has 7 nitrogen and oxygen atoms in total. The van der Waals surface area contributed by atoms with Crippen molar-refractivity contribution < 1.29 is 22.5 Å². The van der Waals surface area contributed by atoms with Crippen LogP contribution in [0.4, 0.5) is 15.8 Å². The van der Waals surface area contributed by atoms with E-state index in [1.54, 1.807) is 6.92 Å². The van der Waals surface area contributed by atoms with Crippen LogP contribution in [0, 0.1) is 22.9 Å². The number of hydrogen-bond donors (Lipinski definition) is 1. The van der Waals surface area contributed by atoms with Crippen molar-refractivity contribution in [1.82, 2.24) is 0 Å². The first-order chi connectivity index (χ1) is 11.3. The number of benzene rings is 2. The van der Waals surface area contributed by atoms with Gasteiger partial charge in [-0.05, 0) is 42.8 Å². The average molecular weight is 354 g/mol. The Morgan fingerprint density at radius 1 is 1.21 bits per heavy atom. The standard InChI is InChI=1S/C15H15FN2O5S/c1-11-10-13(18(19)20)4-7-15(11)17-24(21,22)9-8-23-14-5-2-12(16)3-6-14/h2-7,10,17H,8-9H2,1H3. The van der Waals surface area contributed by atoms with Crippen LogP contribution in [0.25, 0.3) is 0 Å². The lowest BCUT2D eigenvalue weighted by Gasteiger charge is -2.11. The Morgan fingerprint density at radius 3 is 2.46 bits per heavy atom. The van der Waals surface area contributed by atoms with Crippen LogP contribution in [0.2, 0.25) is 0 Å². The molecule has 1 N–H and O–H groups in total. The van der Waals surface area contributed by atoms with E-state index in [2.05, 4.69) is 4.72 Å². The van der Waals surface area contributed by atoms with E-state index < -0.39 is 20.8 Å². The minimum absolute atomic E-state index is 0.116. The van der Waals surface area contributed by atoms with E-state index in [4.69, 9.17) is 4.74 Å². The van der Waals surface area contributed by atoms with E-state index >= 15 is 0 Å². The van der Waals surface area contributed by atoms with Gasteiger partial charge >= 0.3 is 0 Å². The van der Waals surface area contributed by atoms with Crippen molar-refractivity contribution in [3.8, 4) is 5.75 Å². The van der Waals surface area contributed by atoms with Crippen LogP contribution in [0.1, 0.15) is 5.56 Å². The van der Waals surface area contributed by atoms with Gasteiger partial charge in [0.1, 0.15) is 23.9 Å². The van der Waals surface area contributed by atoms with Gasteiger partial charge in [0, 0.05) is 12.1 Å². The molecule has 0 unspecified atom stereocenters. The van der Waals surface area contributed by atoms with Gasteiger partial charge in [0.15, 0.2) is 0 Å². The number of ether oxygens (including phenoxy) is 1. The van der Waals surface area contributed by atoms with Gasteiger partial charge < -0.3 is 4.74 Å². The van der Waals surface area contributed by atoms with Gasteiger partial charge in [-0.15, -0.1) is 0 Å². The van der Waals surface area contributed by atoms with Crippen molar-refractivity contribution in [2.75, 3.05) is 17.1 Å². The maximum atomic E-state index is 12.8. The van der Waals surface area contributed by atoms with Crippen molar-refractivity contribution >= 4 is 21.4 Å². The van der Waals surface area contributed by atoms with E-state index in [1.165, 1.54) is 42.5 Å². The predicted octanol–water partition coefficient (Wildman–Crippen LogP) is 2.86. The lowest BCUT2D eigenvalue weighted by molar-refractivity contribution is -0.384. The number of nitro groups is 1. The van der Waals surface area contributed by atoms with Gasteiger partial charge in [0.05, 0.1) is 10.6 Å². The number of anilines is 1. The van der Waals surface area contributed by atoms with Crippen molar-refractivity contribution in [2.24, 2.45) is 0 Å². The largest absolute Gasteiger partial charge is 0.492 e. The molecule has 0 aliphatic heterocycles. The summed E-state index contributed by atoms with van der Waals surface area (Å²) in [6.07, 6.45) is 0. The van der Waals surface area contributed by atoms with E-state index in [0.29, 0.717) is 11.3 Å². The molecule has 0 bridgehead atoms. The number of halogens is 1. The number of aryl methyl sites for hydroxylation is 1. The monoisotopic (exact) mass is 354 g/mol. The topological polar surface area (TPSA) is 98.5 Å². The second kappa shape index (κ2) is 7.26. The summed E-state index contributed by atoms with van der Waals surface area (Å²) in [4.78, 5) is 10.1. The fraction of sp³-hybridized carbons (Fsp3) is 0.200. The molecule has 0 radical (unpaired) electrons. The van der Waals surface area contributed by atoms with E-state index in [-0.39, 0.29) is 23.7 Å². The van der Waals surface area contributed by atoms with E-state index in [1.807, 2.05) is 0 Å². The van der Waals surface area contributed by atoms with Gasteiger partial charge in [-0.25, -0.2) is 12.8 Å². The fourth-order valence-corrected chi connectivity index (χ4v) is 2.86. The third-order valence-electron chi connectivity index (χ3n) is 3.12. The summed E-state index contributed by atoms with van der Waals surface area (Å²) >= 11 is 0. The van der Waals surface area contributed by atoms with Crippen LogP contribution < -0.4 is 9.46 Å². The summed E-state index contributed by atoms with van der Waals surface area (Å²) in [6.45, 7) is 1.45. The Bertz CT molecular complexity index is 837. The molecule has 0 aromatic heterocycles. The molecule has 0 spiro atoms. The van der Waals surface area contributed by atoms with E-state index in [0.717, 1.165) is 0 Å². The molecular formula is C15H15FN2O5S. The lowest BCUT2D eigenvalue weighted by atomic mass is 10.2. The summed E-state index contributed by atoms with van der Waals surface area (Å²) in [5, 5.41) is 10.7. The van der Waals surface area contributed by atoms with Crippen LogP contribution in [0.5, 0.6) is 5.75 Å². The molecule has 2 rings (SSSR count). The highest BCUT2D eigenvalue weighted by Gasteiger charge is 2.14. The van der Waals surface area contributed by atoms with Crippen molar-refractivity contribution in [2.45, 2.75) is 6.92 Å². The summed E-state index contributed by atoms with van der Waals surface area (Å²) in [6, 6.07) is 9.06. The molecular weight excluding hydrogens is 339 g/mol. The fourth-order valence-electron chi connectivity index (χ4n) is 1.89. The number of non-ortho nitro benzene ring substituents is 1. The first-order valence-corrected chi connectivity index (χ1v) is 8.56. The highest BCUT2D eigenvalue weighted by Crippen LogP contribution is 2.22. The first-order valence-electron chi connectivity index (χ1n) is 6.91. The Labute approximate surface area is 138 Å². The van der Waals surface area contributed by atoms with Crippen molar-refractivity contribution in [3.63, 3.8) is 0 Å². The normalized spacial score (nSPS) is 11.1. The Hall–Kier alpha value is -2.68. The number of rotatable bonds is 7. The van der Waals surface area contributed by atoms with Crippen LogP contribution >= 0.6 is 0 Å². The first kappa shape index (κ1) is 17.7. The van der Waals surface area contributed by atoms with Crippen molar-refractivity contribution in [1.29, 1.82) is 0 Å². The summed E-state index contributed by atoms with van der Waals surface area (Å²) in [5.41, 5.74) is 0.588. The number of hydrogen-bond acceptors (Lipinski definition) is 5. The van der Waals surface area contributed by atoms with Gasteiger partial charge in [0.2, 0.25) is 10.0 Å². The second-order valence-electron chi connectivity index (χ2n) is 4.98. The van der Waals surface area contributed by atoms with Crippen LogP contribution in [0.15, 0.2) is 42.5 Å². The molecule has 24 heavy (non-hydrogen) atoms. The maximum Gasteiger partial charge on any atom is 0.269 e. The highest BCUT2D eigenvalue weighted by molar-refractivity contribution is 7.92. The molecule has 2 aromatic carbocycles. The molecule has 9 heteroatoms. The molecule has 2 aromatic rings. The average Bonchev–Trinajstić information content (AvgIpc) is 2.51. The summed E-state index contributed by atoms with van der Waals surface area (Å²) in [5.74, 6) is -0.371. The molecule has 0 fully saturated rings. The molecule has 128 valence electrons. The Balaban J connectivity index is 1.96. The summed E-state index contributed by atoms with van der Waals surface area (Å²) in [7, 11) is -3.69. The third kappa shape index (κ3) is 4.92. The molecule has 0 saturated carbocycles. The SMILES string of the molecule is Cc1cc([N+](=O)[O-])ccc1NS(=O)(=O)CCOc1ccc(F)cc1. The van der Waals surface area contributed by atoms with Crippen LogP contribution in [-0.2, 0) is 10.0 Å². The molecule has 0 aliphatic rings.